The number of aromatic nitrogens is 2. The van der Waals surface area contributed by atoms with E-state index in [1.54, 1.807) is 19.1 Å². The van der Waals surface area contributed by atoms with Gasteiger partial charge in [-0.15, -0.1) is 0 Å². The largest absolute Gasteiger partial charge is 0.342 e. The molecular formula is C15H16ClN3O2. The van der Waals surface area contributed by atoms with Gasteiger partial charge in [-0.2, -0.15) is 4.98 Å². The highest BCUT2D eigenvalue weighted by Crippen LogP contribution is 2.27. The van der Waals surface area contributed by atoms with Gasteiger partial charge >= 0.3 is 0 Å². The molecule has 1 saturated heterocycles. The molecule has 2 heterocycles. The van der Waals surface area contributed by atoms with Gasteiger partial charge in [-0.3, -0.25) is 4.79 Å². The maximum Gasteiger partial charge on any atom is 0.231 e. The van der Waals surface area contributed by atoms with E-state index in [1.165, 1.54) is 0 Å². The molecule has 1 atom stereocenters. The number of piperidine rings is 1. The summed E-state index contributed by atoms with van der Waals surface area (Å²) in [5.74, 6) is 1.38. The van der Waals surface area contributed by atoms with Gasteiger partial charge in [0.25, 0.3) is 0 Å². The first-order valence-corrected chi connectivity index (χ1v) is 7.36. The lowest BCUT2D eigenvalue weighted by atomic mass is 9.98. The van der Waals surface area contributed by atoms with Crippen LogP contribution in [0.1, 0.15) is 31.6 Å². The van der Waals surface area contributed by atoms with Crippen molar-refractivity contribution in [2.45, 2.75) is 25.7 Å². The average molecular weight is 306 g/mol. The van der Waals surface area contributed by atoms with Crippen molar-refractivity contribution in [3.63, 3.8) is 0 Å². The Kier molecular flexibility index (Phi) is 3.92. The first-order chi connectivity index (χ1) is 10.1. The van der Waals surface area contributed by atoms with Crippen LogP contribution < -0.4 is 0 Å². The lowest BCUT2D eigenvalue weighted by Crippen LogP contribution is -2.37. The second-order valence-electron chi connectivity index (χ2n) is 5.27. The zero-order valence-corrected chi connectivity index (χ0v) is 12.5. The van der Waals surface area contributed by atoms with E-state index in [-0.39, 0.29) is 11.8 Å². The fraction of sp³-hybridized carbons (Fsp3) is 0.400. The molecule has 0 aliphatic carbocycles. The van der Waals surface area contributed by atoms with Gasteiger partial charge < -0.3 is 9.42 Å². The third-order valence-electron chi connectivity index (χ3n) is 3.76. The number of carbonyl (C=O) groups is 1. The summed E-state index contributed by atoms with van der Waals surface area (Å²) in [5, 5.41) is 4.70. The fourth-order valence-corrected chi connectivity index (χ4v) is 2.71. The maximum atomic E-state index is 11.5. The Morgan fingerprint density at radius 1 is 1.38 bits per heavy atom. The molecule has 0 radical (unpaired) electrons. The van der Waals surface area contributed by atoms with Crippen LogP contribution in [0.2, 0.25) is 5.02 Å². The summed E-state index contributed by atoms with van der Waals surface area (Å²) in [6.07, 6.45) is 1.93. The molecule has 1 fully saturated rings. The first kappa shape index (κ1) is 14.1. The second-order valence-corrected chi connectivity index (χ2v) is 5.70. The predicted molar refractivity (Wildman–Crippen MR) is 79.0 cm³/mol. The molecule has 0 saturated carbocycles. The number of rotatable bonds is 2. The van der Waals surface area contributed by atoms with Gasteiger partial charge in [0.05, 0.1) is 5.92 Å². The van der Waals surface area contributed by atoms with E-state index in [4.69, 9.17) is 16.1 Å². The highest BCUT2D eigenvalue weighted by Gasteiger charge is 2.27. The minimum Gasteiger partial charge on any atom is -0.342 e. The highest BCUT2D eigenvalue weighted by molar-refractivity contribution is 6.30. The third-order valence-corrected chi connectivity index (χ3v) is 4.01. The van der Waals surface area contributed by atoms with Crippen LogP contribution in [0.25, 0.3) is 11.4 Å². The molecule has 3 rings (SSSR count). The average Bonchev–Trinajstić information content (AvgIpc) is 2.98. The van der Waals surface area contributed by atoms with Crippen molar-refractivity contribution in [3.05, 3.63) is 35.2 Å². The molecule has 0 spiro atoms. The Morgan fingerprint density at radius 3 is 2.86 bits per heavy atom. The van der Waals surface area contributed by atoms with Gasteiger partial charge in [0, 0.05) is 30.6 Å². The van der Waals surface area contributed by atoms with Crippen molar-refractivity contribution in [3.8, 4) is 11.4 Å². The summed E-state index contributed by atoms with van der Waals surface area (Å²) < 4.78 is 5.38. The highest BCUT2D eigenvalue weighted by atomic mass is 35.5. The molecule has 1 aliphatic rings. The molecule has 1 amide bonds. The van der Waals surface area contributed by atoms with Crippen LogP contribution in [0.5, 0.6) is 0 Å². The van der Waals surface area contributed by atoms with Gasteiger partial charge in [-0.1, -0.05) is 16.8 Å². The van der Waals surface area contributed by atoms with E-state index in [1.807, 2.05) is 17.0 Å². The van der Waals surface area contributed by atoms with E-state index >= 15 is 0 Å². The third kappa shape index (κ3) is 3.08. The monoisotopic (exact) mass is 305 g/mol. The van der Waals surface area contributed by atoms with E-state index < -0.39 is 0 Å². The minimum absolute atomic E-state index is 0.0946. The summed E-state index contributed by atoms with van der Waals surface area (Å²) in [5.41, 5.74) is 0.869. The standard InChI is InChI=1S/C15H16ClN3O2/c1-10(20)19-8-2-3-12(9-19)15-17-14(18-21-15)11-4-6-13(16)7-5-11/h4-7,12H,2-3,8-9H2,1H3. The smallest absolute Gasteiger partial charge is 0.231 e. The van der Waals surface area contributed by atoms with Crippen LogP contribution in [0, 0.1) is 0 Å². The summed E-state index contributed by atoms with van der Waals surface area (Å²) in [6, 6.07) is 7.31. The number of hydrogen-bond donors (Lipinski definition) is 0. The molecule has 110 valence electrons. The molecule has 2 aromatic rings. The van der Waals surface area contributed by atoms with Crippen LogP contribution in [0.4, 0.5) is 0 Å². The van der Waals surface area contributed by atoms with Gasteiger partial charge in [-0.05, 0) is 37.1 Å². The Morgan fingerprint density at radius 2 is 2.14 bits per heavy atom. The molecule has 1 aromatic carbocycles. The van der Waals surface area contributed by atoms with Crippen molar-refractivity contribution in [2.24, 2.45) is 0 Å². The summed E-state index contributed by atoms with van der Waals surface area (Å²) in [7, 11) is 0. The molecule has 1 unspecified atom stereocenters. The number of likely N-dealkylation sites (tertiary alicyclic amines) is 1. The van der Waals surface area contributed by atoms with Crippen molar-refractivity contribution in [1.82, 2.24) is 15.0 Å². The van der Waals surface area contributed by atoms with Crippen molar-refractivity contribution < 1.29 is 9.32 Å². The van der Waals surface area contributed by atoms with E-state index in [0.717, 1.165) is 24.9 Å². The van der Waals surface area contributed by atoms with Gasteiger partial charge in [0.1, 0.15) is 0 Å². The molecular weight excluding hydrogens is 290 g/mol. The Bertz CT molecular complexity index is 639. The van der Waals surface area contributed by atoms with Crippen molar-refractivity contribution >= 4 is 17.5 Å². The summed E-state index contributed by atoms with van der Waals surface area (Å²) in [4.78, 5) is 17.8. The van der Waals surface area contributed by atoms with E-state index in [0.29, 0.717) is 23.3 Å². The first-order valence-electron chi connectivity index (χ1n) is 6.98. The SMILES string of the molecule is CC(=O)N1CCCC(c2nc(-c3ccc(Cl)cc3)no2)C1. The summed E-state index contributed by atoms with van der Waals surface area (Å²) >= 11 is 5.87. The van der Waals surface area contributed by atoms with Crippen molar-refractivity contribution in [2.75, 3.05) is 13.1 Å². The topological polar surface area (TPSA) is 59.2 Å². The molecule has 21 heavy (non-hydrogen) atoms. The number of hydrogen-bond acceptors (Lipinski definition) is 4. The fourth-order valence-electron chi connectivity index (χ4n) is 2.58. The summed E-state index contributed by atoms with van der Waals surface area (Å²) in [6.45, 7) is 3.05. The minimum atomic E-state index is 0.0946. The zero-order valence-electron chi connectivity index (χ0n) is 11.8. The van der Waals surface area contributed by atoms with Gasteiger partial charge in [0.15, 0.2) is 0 Å². The molecule has 0 bridgehead atoms. The number of halogens is 1. The maximum absolute atomic E-state index is 11.5. The van der Waals surface area contributed by atoms with Crippen molar-refractivity contribution in [1.29, 1.82) is 0 Å². The second kappa shape index (κ2) is 5.85. The molecule has 5 nitrogen and oxygen atoms in total. The molecule has 0 N–H and O–H groups in total. The Hall–Kier alpha value is -1.88. The van der Waals surface area contributed by atoms with Crippen LogP contribution in [0.15, 0.2) is 28.8 Å². The normalized spacial score (nSPS) is 18.8. The molecule has 1 aliphatic heterocycles. The van der Waals surface area contributed by atoms with Crippen LogP contribution in [-0.2, 0) is 4.79 Å². The van der Waals surface area contributed by atoms with E-state index in [9.17, 15) is 4.79 Å². The number of benzene rings is 1. The van der Waals surface area contributed by atoms with Gasteiger partial charge in [-0.25, -0.2) is 0 Å². The number of nitrogens with zero attached hydrogens (tertiary/aromatic N) is 3. The van der Waals surface area contributed by atoms with E-state index in [2.05, 4.69) is 10.1 Å². The molecule has 6 heteroatoms. The lowest BCUT2D eigenvalue weighted by molar-refractivity contribution is -0.130. The number of carbonyl (C=O) groups excluding carboxylic acids is 1. The van der Waals surface area contributed by atoms with Crippen LogP contribution >= 0.6 is 11.6 Å². The molecule has 1 aromatic heterocycles. The predicted octanol–water partition coefficient (Wildman–Crippen LogP) is 3.12. The number of amides is 1. The lowest BCUT2D eigenvalue weighted by Gasteiger charge is -2.29. The van der Waals surface area contributed by atoms with Crippen LogP contribution in [-0.4, -0.2) is 34.0 Å². The Labute approximate surface area is 127 Å². The van der Waals surface area contributed by atoms with Crippen LogP contribution in [0.3, 0.4) is 0 Å². The zero-order chi connectivity index (χ0) is 14.8. The van der Waals surface area contributed by atoms with Gasteiger partial charge in [0.2, 0.25) is 17.6 Å². The Balaban J connectivity index is 1.78. The quantitative estimate of drug-likeness (QED) is 0.855.